The summed E-state index contributed by atoms with van der Waals surface area (Å²) in [7, 11) is 0. The van der Waals surface area contributed by atoms with Crippen molar-refractivity contribution in [2.24, 2.45) is 5.92 Å². The molecule has 0 fully saturated rings. The van der Waals surface area contributed by atoms with Crippen molar-refractivity contribution in [2.75, 3.05) is 6.61 Å². The lowest BCUT2D eigenvalue weighted by Gasteiger charge is -2.11. The Morgan fingerprint density at radius 2 is 1.75 bits per heavy atom. The molecule has 4 nitrogen and oxygen atoms in total. The average Bonchev–Trinajstić information content (AvgIpc) is 2.16. The number of ketones is 1. The number of carbonyl (C=O) groups is 2. The Labute approximate surface area is 96.6 Å². The van der Waals surface area contributed by atoms with Crippen molar-refractivity contribution in [3.8, 4) is 0 Å². The van der Waals surface area contributed by atoms with E-state index in [4.69, 9.17) is 9.47 Å². The molecule has 0 atom stereocenters. The second-order valence-electron chi connectivity index (χ2n) is 3.96. The number of esters is 1. The molecule has 0 aliphatic heterocycles. The summed E-state index contributed by atoms with van der Waals surface area (Å²) in [4.78, 5) is 23.3. The van der Waals surface area contributed by atoms with Crippen molar-refractivity contribution in [1.82, 2.24) is 0 Å². The Balaban J connectivity index is 4.81. The summed E-state index contributed by atoms with van der Waals surface area (Å²) in [6.45, 7) is 9.10. The van der Waals surface area contributed by atoms with Crippen LogP contribution in [0.3, 0.4) is 0 Å². The van der Waals surface area contributed by atoms with E-state index in [-0.39, 0.29) is 23.4 Å². The third kappa shape index (κ3) is 4.96. The summed E-state index contributed by atoms with van der Waals surface area (Å²) in [6.07, 6.45) is 0.935. The fraction of sp³-hybridized carbons (Fsp3) is 0.667. The maximum atomic E-state index is 11.7. The molecule has 0 saturated carbocycles. The lowest BCUT2D eigenvalue weighted by atomic mass is 10.0. The molecule has 0 aromatic rings. The zero-order chi connectivity index (χ0) is 12.7. The molecule has 0 amide bonds. The van der Waals surface area contributed by atoms with E-state index in [1.807, 2.05) is 0 Å². The fourth-order valence-corrected chi connectivity index (χ4v) is 0.962. The standard InChI is InChI=1S/C12H20O4/c1-6-15-7-10(11(13)8(2)3)12(14)16-9(4)5/h7-9H,6H2,1-5H3. The number of ether oxygens (including phenoxy) is 2. The lowest BCUT2D eigenvalue weighted by molar-refractivity contribution is -0.144. The highest BCUT2D eigenvalue weighted by Crippen LogP contribution is 2.10. The molecule has 0 saturated heterocycles. The number of carbonyl (C=O) groups excluding carboxylic acids is 2. The Bertz CT molecular complexity index is 277. The molecular formula is C12H20O4. The second-order valence-corrected chi connectivity index (χ2v) is 3.96. The summed E-state index contributed by atoms with van der Waals surface area (Å²) in [5, 5.41) is 0. The molecule has 0 aliphatic carbocycles. The molecule has 0 radical (unpaired) electrons. The van der Waals surface area contributed by atoms with Gasteiger partial charge in [0, 0.05) is 5.92 Å². The predicted octanol–water partition coefficient (Wildman–Crippen LogP) is 2.08. The Kier molecular flexibility index (Phi) is 6.46. The normalized spacial score (nSPS) is 11.8. The van der Waals surface area contributed by atoms with Crippen LogP contribution in [0.5, 0.6) is 0 Å². The van der Waals surface area contributed by atoms with E-state index in [1.165, 1.54) is 6.26 Å². The van der Waals surface area contributed by atoms with E-state index in [0.717, 1.165) is 0 Å². The van der Waals surface area contributed by atoms with Crippen LogP contribution < -0.4 is 0 Å². The largest absolute Gasteiger partial charge is 0.500 e. The number of Topliss-reactive ketones (excluding diaryl/α,β-unsaturated/α-hetero) is 1. The van der Waals surface area contributed by atoms with Crippen LogP contribution in [0.15, 0.2) is 11.8 Å². The van der Waals surface area contributed by atoms with Crippen LogP contribution in [0.1, 0.15) is 34.6 Å². The van der Waals surface area contributed by atoms with E-state index < -0.39 is 5.97 Å². The topological polar surface area (TPSA) is 52.6 Å². The Morgan fingerprint density at radius 3 is 2.12 bits per heavy atom. The van der Waals surface area contributed by atoms with Crippen LogP contribution in [0.4, 0.5) is 0 Å². The van der Waals surface area contributed by atoms with Gasteiger partial charge >= 0.3 is 5.97 Å². The van der Waals surface area contributed by atoms with Crippen LogP contribution in [-0.2, 0) is 19.1 Å². The average molecular weight is 228 g/mol. The molecule has 0 rings (SSSR count). The minimum Gasteiger partial charge on any atom is -0.500 e. The van der Waals surface area contributed by atoms with Crippen LogP contribution >= 0.6 is 0 Å². The second kappa shape index (κ2) is 7.04. The van der Waals surface area contributed by atoms with E-state index >= 15 is 0 Å². The molecule has 0 heterocycles. The summed E-state index contributed by atoms with van der Waals surface area (Å²) < 4.78 is 9.96. The van der Waals surface area contributed by atoms with Crippen molar-refractivity contribution < 1.29 is 19.1 Å². The summed E-state index contributed by atoms with van der Waals surface area (Å²) in [5.41, 5.74) is -0.0226. The van der Waals surface area contributed by atoms with Gasteiger partial charge in [-0.2, -0.15) is 0 Å². The van der Waals surface area contributed by atoms with Gasteiger partial charge in [-0.15, -0.1) is 0 Å². The van der Waals surface area contributed by atoms with Crippen molar-refractivity contribution in [3.63, 3.8) is 0 Å². The van der Waals surface area contributed by atoms with Crippen LogP contribution in [0, 0.1) is 5.92 Å². The molecule has 4 heteroatoms. The molecular weight excluding hydrogens is 208 g/mol. The van der Waals surface area contributed by atoms with Gasteiger partial charge in [-0.25, -0.2) is 4.79 Å². The quantitative estimate of drug-likeness (QED) is 0.230. The number of hydrogen-bond acceptors (Lipinski definition) is 4. The molecule has 16 heavy (non-hydrogen) atoms. The zero-order valence-electron chi connectivity index (χ0n) is 10.6. The molecule has 0 bridgehead atoms. The fourth-order valence-electron chi connectivity index (χ4n) is 0.962. The smallest absolute Gasteiger partial charge is 0.345 e. The molecule has 0 aliphatic rings. The molecule has 0 unspecified atom stereocenters. The third-order valence-corrected chi connectivity index (χ3v) is 1.72. The summed E-state index contributed by atoms with van der Waals surface area (Å²) in [6, 6.07) is 0. The highest BCUT2D eigenvalue weighted by molar-refractivity contribution is 6.17. The molecule has 0 N–H and O–H groups in total. The van der Waals surface area contributed by atoms with E-state index in [2.05, 4.69) is 0 Å². The third-order valence-electron chi connectivity index (χ3n) is 1.72. The van der Waals surface area contributed by atoms with E-state index in [0.29, 0.717) is 6.61 Å². The lowest BCUT2D eigenvalue weighted by Crippen LogP contribution is -2.22. The molecule has 92 valence electrons. The highest BCUT2D eigenvalue weighted by atomic mass is 16.5. The van der Waals surface area contributed by atoms with Crippen molar-refractivity contribution in [3.05, 3.63) is 11.8 Å². The van der Waals surface area contributed by atoms with Gasteiger partial charge in [-0.05, 0) is 20.8 Å². The number of rotatable bonds is 6. The minimum absolute atomic E-state index is 0.0226. The van der Waals surface area contributed by atoms with E-state index in [1.54, 1.807) is 34.6 Å². The van der Waals surface area contributed by atoms with Crippen molar-refractivity contribution in [2.45, 2.75) is 40.7 Å². The monoisotopic (exact) mass is 228 g/mol. The van der Waals surface area contributed by atoms with Gasteiger partial charge in [-0.1, -0.05) is 13.8 Å². The maximum absolute atomic E-state index is 11.7. The van der Waals surface area contributed by atoms with Gasteiger partial charge in [0.25, 0.3) is 0 Å². The number of hydrogen-bond donors (Lipinski definition) is 0. The van der Waals surface area contributed by atoms with E-state index in [9.17, 15) is 9.59 Å². The first kappa shape index (κ1) is 14.7. The minimum atomic E-state index is -0.623. The summed E-state index contributed by atoms with van der Waals surface area (Å²) in [5.74, 6) is -1.15. The Hall–Kier alpha value is -1.32. The highest BCUT2D eigenvalue weighted by Gasteiger charge is 2.23. The Morgan fingerprint density at radius 1 is 1.19 bits per heavy atom. The van der Waals surface area contributed by atoms with Gasteiger partial charge in [-0.3, -0.25) is 4.79 Å². The molecule has 0 aromatic carbocycles. The first-order chi connectivity index (χ1) is 7.40. The molecule has 0 aromatic heterocycles. The van der Waals surface area contributed by atoms with Crippen molar-refractivity contribution in [1.29, 1.82) is 0 Å². The van der Waals surface area contributed by atoms with Gasteiger partial charge in [0.1, 0.15) is 11.8 Å². The van der Waals surface area contributed by atoms with Gasteiger partial charge in [0.2, 0.25) is 0 Å². The molecule has 0 spiro atoms. The summed E-state index contributed by atoms with van der Waals surface area (Å²) >= 11 is 0. The first-order valence-corrected chi connectivity index (χ1v) is 5.47. The van der Waals surface area contributed by atoms with Gasteiger partial charge in [0.15, 0.2) is 5.78 Å². The first-order valence-electron chi connectivity index (χ1n) is 5.47. The van der Waals surface area contributed by atoms with Crippen LogP contribution in [0.25, 0.3) is 0 Å². The predicted molar refractivity (Wildman–Crippen MR) is 60.8 cm³/mol. The maximum Gasteiger partial charge on any atom is 0.345 e. The van der Waals surface area contributed by atoms with Crippen LogP contribution in [-0.4, -0.2) is 24.5 Å². The van der Waals surface area contributed by atoms with Crippen molar-refractivity contribution >= 4 is 11.8 Å². The van der Waals surface area contributed by atoms with Gasteiger partial charge in [0.05, 0.1) is 12.7 Å². The SMILES string of the molecule is CCOC=C(C(=O)OC(C)C)C(=O)C(C)C. The van der Waals surface area contributed by atoms with Gasteiger partial charge < -0.3 is 9.47 Å². The van der Waals surface area contributed by atoms with Crippen LogP contribution in [0.2, 0.25) is 0 Å². The zero-order valence-corrected chi connectivity index (χ0v) is 10.6.